The molecule has 0 spiro atoms. The second kappa shape index (κ2) is 6.73. The molecule has 142 valence electrons. The van der Waals surface area contributed by atoms with Crippen molar-refractivity contribution in [2.24, 2.45) is 14.1 Å². The zero-order chi connectivity index (χ0) is 19.8. The quantitative estimate of drug-likeness (QED) is 0.730. The molecule has 1 aliphatic rings. The Morgan fingerprint density at radius 2 is 1.61 bits per heavy atom. The zero-order valence-corrected chi connectivity index (χ0v) is 15.3. The van der Waals surface area contributed by atoms with Gasteiger partial charge in [-0.05, 0) is 29.8 Å². The molecule has 0 bridgehead atoms. The van der Waals surface area contributed by atoms with E-state index in [-0.39, 0.29) is 5.82 Å². The van der Waals surface area contributed by atoms with Gasteiger partial charge in [0, 0.05) is 14.1 Å². The first kappa shape index (κ1) is 17.6. The van der Waals surface area contributed by atoms with Crippen molar-refractivity contribution in [2.75, 3.05) is 5.32 Å². The summed E-state index contributed by atoms with van der Waals surface area (Å²) in [5.41, 5.74) is -0.0165. The van der Waals surface area contributed by atoms with E-state index in [4.69, 9.17) is 4.74 Å². The molecule has 0 fully saturated rings. The largest absolute Gasteiger partial charge is 0.457 e. The van der Waals surface area contributed by atoms with Crippen LogP contribution in [0.2, 0.25) is 0 Å². The number of ether oxygens (including phenoxy) is 1. The maximum Gasteiger partial charge on any atom is 0.332 e. The highest BCUT2D eigenvalue weighted by Gasteiger charge is 2.31. The number of hydrogen-bond acceptors (Lipinski definition) is 4. The summed E-state index contributed by atoms with van der Waals surface area (Å²) in [4.78, 5) is 37.2. The molecule has 1 atom stereocenters. The monoisotopic (exact) mass is 378 g/mol. The number of hydrogen-bond donors (Lipinski definition) is 2. The lowest BCUT2D eigenvalue weighted by Gasteiger charge is -2.28. The average Bonchev–Trinajstić information content (AvgIpc) is 2.71. The number of amides is 2. The Kier molecular flexibility index (Phi) is 4.23. The van der Waals surface area contributed by atoms with Gasteiger partial charge in [0.15, 0.2) is 0 Å². The number of para-hydroxylation sites is 1. The number of urea groups is 1. The van der Waals surface area contributed by atoms with Crippen LogP contribution in [0.25, 0.3) is 0 Å². The zero-order valence-electron chi connectivity index (χ0n) is 15.3. The van der Waals surface area contributed by atoms with E-state index in [9.17, 15) is 14.4 Å². The van der Waals surface area contributed by atoms with E-state index in [1.165, 1.54) is 18.7 Å². The smallest absolute Gasteiger partial charge is 0.332 e. The van der Waals surface area contributed by atoms with Crippen molar-refractivity contribution in [1.82, 2.24) is 14.5 Å². The van der Waals surface area contributed by atoms with E-state index in [1.54, 1.807) is 24.3 Å². The molecule has 0 saturated heterocycles. The Morgan fingerprint density at radius 3 is 2.36 bits per heavy atom. The van der Waals surface area contributed by atoms with Crippen molar-refractivity contribution >= 4 is 11.8 Å². The van der Waals surface area contributed by atoms with Crippen LogP contribution in [0.3, 0.4) is 0 Å². The first-order valence-electron chi connectivity index (χ1n) is 8.66. The van der Waals surface area contributed by atoms with Crippen LogP contribution in [0.4, 0.5) is 10.6 Å². The SMILES string of the molecule is Cn1c2c(c(=O)n(C)c1=O)[C@@H](c1cccc(Oc3ccccc3)c1)NC(=O)N2. The van der Waals surface area contributed by atoms with Gasteiger partial charge in [0.05, 0.1) is 11.6 Å². The standard InChI is InChI=1S/C20H18N4O4/c1-23-17-15(18(25)24(2)20(23)27)16(21-19(26)22-17)12-7-6-10-14(11-12)28-13-8-4-3-5-9-13/h3-11,16H,1-2H3,(H2,21,22,26)/t16-/m1/s1. The number of fused-ring (bicyclic) bond motifs is 1. The highest BCUT2D eigenvalue weighted by molar-refractivity contribution is 5.92. The first-order valence-corrected chi connectivity index (χ1v) is 8.66. The molecule has 0 saturated carbocycles. The Hall–Kier alpha value is -3.81. The molecule has 1 aliphatic heterocycles. The van der Waals surface area contributed by atoms with Gasteiger partial charge in [-0.2, -0.15) is 0 Å². The summed E-state index contributed by atoms with van der Waals surface area (Å²) in [6, 6.07) is 15.2. The summed E-state index contributed by atoms with van der Waals surface area (Å²) in [5, 5.41) is 5.32. The summed E-state index contributed by atoms with van der Waals surface area (Å²) in [7, 11) is 2.92. The fraction of sp³-hybridized carbons (Fsp3) is 0.150. The predicted octanol–water partition coefficient (Wildman–Crippen LogP) is 2.10. The van der Waals surface area contributed by atoms with Crippen LogP contribution < -0.4 is 26.6 Å². The number of benzene rings is 2. The second-order valence-electron chi connectivity index (χ2n) is 6.49. The number of anilines is 1. The van der Waals surface area contributed by atoms with Gasteiger partial charge in [0.25, 0.3) is 5.56 Å². The number of carbonyl (C=O) groups excluding carboxylic acids is 1. The number of carbonyl (C=O) groups is 1. The molecule has 2 amide bonds. The van der Waals surface area contributed by atoms with Crippen LogP contribution >= 0.6 is 0 Å². The third kappa shape index (κ3) is 2.94. The molecule has 2 heterocycles. The molecule has 4 rings (SSSR count). The Morgan fingerprint density at radius 1 is 0.893 bits per heavy atom. The maximum absolute atomic E-state index is 12.8. The minimum Gasteiger partial charge on any atom is -0.457 e. The minimum absolute atomic E-state index is 0.191. The molecule has 3 aromatic rings. The molecule has 0 unspecified atom stereocenters. The molecule has 28 heavy (non-hydrogen) atoms. The molecular formula is C20H18N4O4. The van der Waals surface area contributed by atoms with Crippen molar-refractivity contribution in [3.05, 3.63) is 86.6 Å². The molecule has 8 nitrogen and oxygen atoms in total. The van der Waals surface area contributed by atoms with Crippen LogP contribution in [0.5, 0.6) is 11.5 Å². The molecule has 2 aromatic carbocycles. The van der Waals surface area contributed by atoms with Crippen LogP contribution in [0, 0.1) is 0 Å². The summed E-state index contributed by atoms with van der Waals surface area (Å²) in [5.74, 6) is 1.43. The van der Waals surface area contributed by atoms with Gasteiger partial charge >= 0.3 is 11.7 Å². The molecular weight excluding hydrogens is 360 g/mol. The minimum atomic E-state index is -0.714. The lowest BCUT2D eigenvalue weighted by Crippen LogP contribution is -2.49. The van der Waals surface area contributed by atoms with E-state index in [1.807, 2.05) is 30.3 Å². The summed E-state index contributed by atoms with van der Waals surface area (Å²) in [6.07, 6.45) is 0. The van der Waals surface area contributed by atoms with E-state index in [2.05, 4.69) is 10.6 Å². The van der Waals surface area contributed by atoms with Gasteiger partial charge in [-0.15, -0.1) is 0 Å². The van der Waals surface area contributed by atoms with E-state index >= 15 is 0 Å². The van der Waals surface area contributed by atoms with Gasteiger partial charge in [-0.1, -0.05) is 30.3 Å². The summed E-state index contributed by atoms with van der Waals surface area (Å²) < 4.78 is 8.13. The lowest BCUT2D eigenvalue weighted by atomic mass is 9.98. The maximum atomic E-state index is 12.8. The van der Waals surface area contributed by atoms with Crippen molar-refractivity contribution < 1.29 is 9.53 Å². The third-order valence-electron chi connectivity index (χ3n) is 4.67. The van der Waals surface area contributed by atoms with Gasteiger partial charge in [0.1, 0.15) is 17.3 Å². The van der Waals surface area contributed by atoms with Crippen molar-refractivity contribution in [3.8, 4) is 11.5 Å². The highest BCUT2D eigenvalue weighted by atomic mass is 16.5. The second-order valence-corrected chi connectivity index (χ2v) is 6.49. The van der Waals surface area contributed by atoms with Gasteiger partial charge in [0.2, 0.25) is 0 Å². The van der Waals surface area contributed by atoms with E-state index < -0.39 is 23.3 Å². The molecule has 8 heteroatoms. The number of aromatic nitrogens is 2. The molecule has 0 radical (unpaired) electrons. The Bertz CT molecular complexity index is 1180. The van der Waals surface area contributed by atoms with Crippen LogP contribution in [0.1, 0.15) is 17.2 Å². The number of nitrogens with zero attached hydrogens (tertiary/aromatic N) is 2. The fourth-order valence-electron chi connectivity index (χ4n) is 3.26. The first-order chi connectivity index (χ1) is 13.5. The van der Waals surface area contributed by atoms with E-state index in [0.717, 1.165) is 4.57 Å². The summed E-state index contributed by atoms with van der Waals surface area (Å²) >= 11 is 0. The number of nitrogens with one attached hydrogen (secondary N) is 2. The Balaban J connectivity index is 1.81. The summed E-state index contributed by atoms with van der Waals surface area (Å²) in [6.45, 7) is 0. The van der Waals surface area contributed by atoms with Crippen molar-refractivity contribution in [1.29, 1.82) is 0 Å². The van der Waals surface area contributed by atoms with Gasteiger partial charge < -0.3 is 10.1 Å². The normalized spacial score (nSPS) is 15.4. The van der Waals surface area contributed by atoms with Crippen molar-refractivity contribution in [2.45, 2.75) is 6.04 Å². The third-order valence-corrected chi connectivity index (χ3v) is 4.67. The lowest BCUT2D eigenvalue weighted by molar-refractivity contribution is 0.248. The molecule has 1 aromatic heterocycles. The van der Waals surface area contributed by atoms with Gasteiger partial charge in [-0.25, -0.2) is 9.59 Å². The van der Waals surface area contributed by atoms with Crippen LogP contribution in [-0.2, 0) is 14.1 Å². The molecule has 2 N–H and O–H groups in total. The fourth-order valence-corrected chi connectivity index (χ4v) is 3.26. The van der Waals surface area contributed by atoms with Gasteiger partial charge in [-0.3, -0.25) is 19.2 Å². The highest BCUT2D eigenvalue weighted by Crippen LogP contribution is 2.31. The average molecular weight is 378 g/mol. The molecule has 0 aliphatic carbocycles. The van der Waals surface area contributed by atoms with Crippen LogP contribution in [0.15, 0.2) is 64.2 Å². The predicted molar refractivity (Wildman–Crippen MR) is 104 cm³/mol. The van der Waals surface area contributed by atoms with Crippen molar-refractivity contribution in [3.63, 3.8) is 0 Å². The van der Waals surface area contributed by atoms with Crippen LogP contribution in [-0.4, -0.2) is 15.2 Å². The number of rotatable bonds is 3. The van der Waals surface area contributed by atoms with E-state index in [0.29, 0.717) is 22.6 Å². The Labute approximate surface area is 160 Å². The topological polar surface area (TPSA) is 94.4 Å².